The maximum atomic E-state index is 12.4. The van der Waals surface area contributed by atoms with Gasteiger partial charge in [-0.1, -0.05) is 25.5 Å². The molecule has 0 aliphatic carbocycles. The standard InChI is InChI=1S/C18H23N3O4S/c1-4-5-12-21-17(22)11-10-16(20-21)18(23)19-13(2)14-6-8-15(9-7-14)26(3,24)25/h6-11,13H,4-5,12H2,1-3H3,(H,19,23)/t13-/m0/s1. The molecule has 1 amide bonds. The number of hydrogen-bond acceptors (Lipinski definition) is 5. The third-order valence-corrected chi connectivity index (χ3v) is 5.11. The number of nitrogens with one attached hydrogen (secondary N) is 1. The van der Waals surface area contributed by atoms with E-state index in [0.29, 0.717) is 6.54 Å². The van der Waals surface area contributed by atoms with E-state index >= 15 is 0 Å². The van der Waals surface area contributed by atoms with Crippen molar-refractivity contribution in [1.82, 2.24) is 15.1 Å². The molecule has 0 radical (unpaired) electrons. The summed E-state index contributed by atoms with van der Waals surface area (Å²) >= 11 is 0. The number of carbonyl (C=O) groups is 1. The van der Waals surface area contributed by atoms with Crippen LogP contribution >= 0.6 is 0 Å². The third kappa shape index (κ3) is 5.01. The van der Waals surface area contributed by atoms with Gasteiger partial charge in [-0.05, 0) is 37.1 Å². The van der Waals surface area contributed by atoms with Crippen LogP contribution in [0.4, 0.5) is 0 Å². The molecule has 0 saturated heterocycles. The molecule has 8 heteroatoms. The van der Waals surface area contributed by atoms with Crippen LogP contribution in [0.3, 0.4) is 0 Å². The lowest BCUT2D eigenvalue weighted by Gasteiger charge is -2.15. The zero-order valence-electron chi connectivity index (χ0n) is 15.1. The average molecular weight is 377 g/mol. The number of sulfone groups is 1. The molecule has 1 N–H and O–H groups in total. The van der Waals surface area contributed by atoms with Gasteiger partial charge in [0.2, 0.25) is 0 Å². The SMILES string of the molecule is CCCCn1nc(C(=O)N[C@@H](C)c2ccc(S(C)(=O)=O)cc2)ccc1=O. The van der Waals surface area contributed by atoms with Gasteiger partial charge in [-0.2, -0.15) is 5.10 Å². The molecule has 0 bridgehead atoms. The van der Waals surface area contributed by atoms with Gasteiger partial charge in [-0.15, -0.1) is 0 Å². The number of nitrogens with zero attached hydrogens (tertiary/aromatic N) is 2. The van der Waals surface area contributed by atoms with Gasteiger partial charge < -0.3 is 5.32 Å². The zero-order valence-corrected chi connectivity index (χ0v) is 15.9. The van der Waals surface area contributed by atoms with Crippen molar-refractivity contribution in [2.24, 2.45) is 0 Å². The first-order valence-corrected chi connectivity index (χ1v) is 10.3. The summed E-state index contributed by atoms with van der Waals surface area (Å²) in [5.74, 6) is -0.394. The molecule has 0 aliphatic heterocycles. The summed E-state index contributed by atoms with van der Waals surface area (Å²) in [6.45, 7) is 4.28. The fourth-order valence-electron chi connectivity index (χ4n) is 2.40. The topological polar surface area (TPSA) is 98.1 Å². The van der Waals surface area contributed by atoms with E-state index in [1.54, 1.807) is 19.1 Å². The van der Waals surface area contributed by atoms with Gasteiger partial charge in [-0.3, -0.25) is 9.59 Å². The van der Waals surface area contributed by atoms with Gasteiger partial charge in [0.15, 0.2) is 9.84 Å². The Morgan fingerprint density at radius 3 is 2.42 bits per heavy atom. The van der Waals surface area contributed by atoms with Crippen molar-refractivity contribution < 1.29 is 13.2 Å². The Balaban J connectivity index is 2.12. The van der Waals surface area contributed by atoms with E-state index in [2.05, 4.69) is 10.4 Å². The number of rotatable bonds is 7. The minimum absolute atomic E-state index is 0.167. The van der Waals surface area contributed by atoms with Gasteiger partial charge >= 0.3 is 0 Å². The number of aryl methyl sites for hydroxylation is 1. The molecule has 26 heavy (non-hydrogen) atoms. The van der Waals surface area contributed by atoms with Gasteiger partial charge in [0.25, 0.3) is 11.5 Å². The van der Waals surface area contributed by atoms with Crippen molar-refractivity contribution in [1.29, 1.82) is 0 Å². The Labute approximate surface area is 153 Å². The van der Waals surface area contributed by atoms with Gasteiger partial charge in [0.1, 0.15) is 5.69 Å². The highest BCUT2D eigenvalue weighted by Gasteiger charge is 2.15. The molecular weight excluding hydrogens is 354 g/mol. The van der Waals surface area contributed by atoms with Crippen LogP contribution in [0.25, 0.3) is 0 Å². The van der Waals surface area contributed by atoms with E-state index in [-0.39, 0.29) is 22.2 Å². The van der Waals surface area contributed by atoms with Crippen molar-refractivity contribution in [3.63, 3.8) is 0 Å². The minimum atomic E-state index is -3.26. The predicted octanol–water partition coefficient (Wildman–Crippen LogP) is 1.94. The molecule has 7 nitrogen and oxygen atoms in total. The molecule has 0 aliphatic rings. The largest absolute Gasteiger partial charge is 0.344 e. The average Bonchev–Trinajstić information content (AvgIpc) is 2.60. The summed E-state index contributed by atoms with van der Waals surface area (Å²) in [7, 11) is -3.26. The van der Waals surface area contributed by atoms with E-state index < -0.39 is 15.7 Å². The summed E-state index contributed by atoms with van der Waals surface area (Å²) in [6.07, 6.45) is 2.87. The summed E-state index contributed by atoms with van der Waals surface area (Å²) < 4.78 is 24.3. The fourth-order valence-corrected chi connectivity index (χ4v) is 3.03. The number of benzene rings is 1. The Morgan fingerprint density at radius 1 is 1.19 bits per heavy atom. The first kappa shape index (κ1) is 19.8. The molecule has 1 aromatic heterocycles. The van der Waals surface area contributed by atoms with Crippen LogP contribution in [-0.2, 0) is 16.4 Å². The molecule has 0 saturated carbocycles. The Hall–Kier alpha value is -2.48. The number of unbranched alkanes of at least 4 members (excludes halogenated alkanes) is 1. The van der Waals surface area contributed by atoms with Gasteiger partial charge in [-0.25, -0.2) is 13.1 Å². The summed E-state index contributed by atoms with van der Waals surface area (Å²) in [5, 5.41) is 6.92. The van der Waals surface area contributed by atoms with Crippen LogP contribution in [0.2, 0.25) is 0 Å². The smallest absolute Gasteiger partial charge is 0.272 e. The molecule has 2 aromatic rings. The maximum absolute atomic E-state index is 12.4. The normalized spacial score (nSPS) is 12.6. The lowest BCUT2D eigenvalue weighted by atomic mass is 10.1. The molecule has 0 unspecified atom stereocenters. The second-order valence-electron chi connectivity index (χ2n) is 6.17. The molecule has 1 aromatic carbocycles. The summed E-state index contributed by atoms with van der Waals surface area (Å²) in [5.41, 5.74) is 0.699. The molecule has 0 fully saturated rings. The van der Waals surface area contributed by atoms with Gasteiger partial charge in [0.05, 0.1) is 10.9 Å². The van der Waals surface area contributed by atoms with E-state index in [4.69, 9.17) is 0 Å². The molecule has 1 heterocycles. The van der Waals surface area contributed by atoms with Crippen LogP contribution in [-0.4, -0.2) is 30.4 Å². The number of hydrogen-bond donors (Lipinski definition) is 1. The van der Waals surface area contributed by atoms with E-state index in [0.717, 1.165) is 24.7 Å². The van der Waals surface area contributed by atoms with Crippen molar-refractivity contribution in [2.75, 3.05) is 6.26 Å². The summed E-state index contributed by atoms with van der Waals surface area (Å²) in [4.78, 5) is 24.4. The predicted molar refractivity (Wildman–Crippen MR) is 98.8 cm³/mol. The Bertz CT molecular complexity index is 934. The quantitative estimate of drug-likeness (QED) is 0.795. The minimum Gasteiger partial charge on any atom is -0.344 e. The summed E-state index contributed by atoms with van der Waals surface area (Å²) in [6, 6.07) is 8.75. The molecule has 2 rings (SSSR count). The number of amides is 1. The first-order chi connectivity index (χ1) is 12.2. The van der Waals surface area contributed by atoms with Crippen LogP contribution in [0, 0.1) is 0 Å². The van der Waals surface area contributed by atoms with Crippen LogP contribution in [0.15, 0.2) is 46.1 Å². The number of aromatic nitrogens is 2. The van der Waals surface area contributed by atoms with Crippen molar-refractivity contribution in [2.45, 2.75) is 44.2 Å². The van der Waals surface area contributed by atoms with Crippen LogP contribution < -0.4 is 10.9 Å². The van der Waals surface area contributed by atoms with E-state index in [1.807, 2.05) is 6.92 Å². The van der Waals surface area contributed by atoms with Gasteiger partial charge in [0, 0.05) is 18.9 Å². The number of carbonyl (C=O) groups excluding carboxylic acids is 1. The lowest BCUT2D eigenvalue weighted by molar-refractivity contribution is 0.0932. The zero-order chi connectivity index (χ0) is 19.3. The van der Waals surface area contributed by atoms with Crippen molar-refractivity contribution in [3.05, 3.63) is 58.0 Å². The lowest BCUT2D eigenvalue weighted by Crippen LogP contribution is -2.31. The molecule has 140 valence electrons. The molecule has 1 atom stereocenters. The second-order valence-corrected chi connectivity index (χ2v) is 8.19. The first-order valence-electron chi connectivity index (χ1n) is 8.41. The van der Waals surface area contributed by atoms with E-state index in [9.17, 15) is 18.0 Å². The van der Waals surface area contributed by atoms with Crippen molar-refractivity contribution in [3.8, 4) is 0 Å². The second kappa shape index (κ2) is 8.27. The Kier molecular flexibility index (Phi) is 6.31. The van der Waals surface area contributed by atoms with Crippen LogP contribution in [0.5, 0.6) is 0 Å². The highest BCUT2D eigenvalue weighted by Crippen LogP contribution is 2.16. The molecule has 0 spiro atoms. The third-order valence-electron chi connectivity index (χ3n) is 3.98. The maximum Gasteiger partial charge on any atom is 0.272 e. The molecular formula is C18H23N3O4S. The highest BCUT2D eigenvalue weighted by molar-refractivity contribution is 7.90. The highest BCUT2D eigenvalue weighted by atomic mass is 32.2. The monoisotopic (exact) mass is 377 g/mol. The van der Waals surface area contributed by atoms with Crippen LogP contribution in [0.1, 0.15) is 48.8 Å². The Morgan fingerprint density at radius 2 is 1.85 bits per heavy atom. The fraction of sp³-hybridized carbons (Fsp3) is 0.389. The van der Waals surface area contributed by atoms with Crippen molar-refractivity contribution >= 4 is 15.7 Å². The van der Waals surface area contributed by atoms with E-state index in [1.165, 1.54) is 28.9 Å².